The van der Waals surface area contributed by atoms with Gasteiger partial charge in [0.05, 0.1) is 18.4 Å². The zero-order valence-electron chi connectivity index (χ0n) is 14.4. The molecule has 6 heteroatoms. The molecule has 0 saturated carbocycles. The van der Waals surface area contributed by atoms with Crippen LogP contribution in [0.4, 0.5) is 5.69 Å². The lowest BCUT2D eigenvalue weighted by Gasteiger charge is -2.13. The Labute approximate surface area is 147 Å². The maximum absolute atomic E-state index is 12.4. The van der Waals surface area contributed by atoms with Gasteiger partial charge in [0, 0.05) is 12.1 Å². The number of hydrogen-bond acceptors (Lipinski definition) is 4. The number of nitrogens with one attached hydrogen (secondary N) is 2. The highest BCUT2D eigenvalue weighted by molar-refractivity contribution is 6.09. The van der Waals surface area contributed by atoms with Crippen molar-refractivity contribution in [1.82, 2.24) is 5.32 Å². The van der Waals surface area contributed by atoms with Crippen molar-refractivity contribution in [2.24, 2.45) is 11.7 Å². The quantitative estimate of drug-likeness (QED) is 0.720. The van der Waals surface area contributed by atoms with Crippen molar-refractivity contribution in [2.45, 2.75) is 6.92 Å². The van der Waals surface area contributed by atoms with E-state index in [2.05, 4.69) is 10.6 Å². The Kier molecular flexibility index (Phi) is 6.54. The van der Waals surface area contributed by atoms with Crippen LogP contribution in [0.2, 0.25) is 0 Å². The highest BCUT2D eigenvalue weighted by Crippen LogP contribution is 2.17. The van der Waals surface area contributed by atoms with Crippen LogP contribution in [0.25, 0.3) is 0 Å². The molecule has 25 heavy (non-hydrogen) atoms. The molecule has 0 bridgehead atoms. The van der Waals surface area contributed by atoms with Crippen LogP contribution in [-0.2, 0) is 0 Å². The first kappa shape index (κ1) is 18.5. The third kappa shape index (κ3) is 5.06. The van der Waals surface area contributed by atoms with Gasteiger partial charge < -0.3 is 21.1 Å². The van der Waals surface area contributed by atoms with Crippen LogP contribution in [0.3, 0.4) is 0 Å². The largest absolute Gasteiger partial charge is 0.497 e. The van der Waals surface area contributed by atoms with E-state index in [4.69, 9.17) is 10.5 Å². The molecule has 2 amide bonds. The van der Waals surface area contributed by atoms with Gasteiger partial charge in [-0.1, -0.05) is 19.1 Å². The van der Waals surface area contributed by atoms with Crippen molar-refractivity contribution in [2.75, 3.05) is 25.5 Å². The number of ether oxygens (including phenoxy) is 1. The standard InChI is InChI=1S/C19H23N3O3/c1-13(11-20)12-21-19(24)16-5-3-4-6-17(16)22-18(23)14-7-9-15(25-2)10-8-14/h3-10,13H,11-12,20H2,1-2H3,(H,21,24)(H,22,23). The van der Waals surface area contributed by atoms with E-state index in [0.717, 1.165) is 0 Å². The Morgan fingerprint density at radius 1 is 1.08 bits per heavy atom. The predicted octanol–water partition coefficient (Wildman–Crippen LogP) is 2.27. The molecule has 1 atom stereocenters. The Morgan fingerprint density at radius 2 is 1.76 bits per heavy atom. The molecule has 6 nitrogen and oxygen atoms in total. The van der Waals surface area contributed by atoms with E-state index in [1.807, 2.05) is 6.92 Å². The SMILES string of the molecule is COc1ccc(C(=O)Nc2ccccc2C(=O)NCC(C)CN)cc1. The van der Waals surface area contributed by atoms with Gasteiger partial charge in [-0.2, -0.15) is 0 Å². The Morgan fingerprint density at radius 3 is 2.40 bits per heavy atom. The molecule has 2 aromatic carbocycles. The first-order valence-electron chi connectivity index (χ1n) is 8.07. The van der Waals surface area contributed by atoms with Gasteiger partial charge in [0.2, 0.25) is 0 Å². The van der Waals surface area contributed by atoms with Gasteiger partial charge in [0.25, 0.3) is 11.8 Å². The van der Waals surface area contributed by atoms with E-state index in [1.54, 1.807) is 55.6 Å². The number of amides is 2. The van der Waals surface area contributed by atoms with Crippen LogP contribution in [0.5, 0.6) is 5.75 Å². The molecule has 0 spiro atoms. The van der Waals surface area contributed by atoms with Crippen molar-refractivity contribution < 1.29 is 14.3 Å². The molecule has 0 fully saturated rings. The van der Waals surface area contributed by atoms with Gasteiger partial charge in [-0.15, -0.1) is 0 Å². The minimum Gasteiger partial charge on any atom is -0.497 e. The Hall–Kier alpha value is -2.86. The van der Waals surface area contributed by atoms with Crippen molar-refractivity contribution in [3.8, 4) is 5.75 Å². The van der Waals surface area contributed by atoms with Crippen LogP contribution in [0.15, 0.2) is 48.5 Å². The topological polar surface area (TPSA) is 93.4 Å². The van der Waals surface area contributed by atoms with Crippen molar-refractivity contribution in [1.29, 1.82) is 0 Å². The monoisotopic (exact) mass is 341 g/mol. The third-order valence-electron chi connectivity index (χ3n) is 3.79. The highest BCUT2D eigenvalue weighted by atomic mass is 16.5. The molecule has 0 radical (unpaired) electrons. The summed E-state index contributed by atoms with van der Waals surface area (Å²) in [7, 11) is 1.56. The lowest BCUT2D eigenvalue weighted by molar-refractivity contribution is 0.0949. The summed E-state index contributed by atoms with van der Waals surface area (Å²) in [6, 6.07) is 13.6. The lowest BCUT2D eigenvalue weighted by Crippen LogP contribution is -2.31. The summed E-state index contributed by atoms with van der Waals surface area (Å²) in [5, 5.41) is 5.61. The second-order valence-corrected chi connectivity index (χ2v) is 5.78. The third-order valence-corrected chi connectivity index (χ3v) is 3.79. The molecule has 2 rings (SSSR count). The number of rotatable bonds is 7. The molecule has 0 heterocycles. The molecule has 0 aromatic heterocycles. The minimum atomic E-state index is -0.293. The number of benzene rings is 2. The van der Waals surface area contributed by atoms with Gasteiger partial charge in [-0.05, 0) is 48.9 Å². The molecule has 1 unspecified atom stereocenters. The molecule has 2 aromatic rings. The summed E-state index contributed by atoms with van der Waals surface area (Å²) in [5.41, 5.74) is 6.91. The van der Waals surface area contributed by atoms with Gasteiger partial charge in [0.15, 0.2) is 0 Å². The Bertz CT molecular complexity index is 729. The predicted molar refractivity (Wildman–Crippen MR) is 97.9 cm³/mol. The Balaban J connectivity index is 2.11. The number of carbonyl (C=O) groups excluding carboxylic acids is 2. The van der Waals surface area contributed by atoms with Crippen LogP contribution in [0.1, 0.15) is 27.6 Å². The number of hydrogen-bond donors (Lipinski definition) is 3. The molecular formula is C19H23N3O3. The van der Waals surface area contributed by atoms with Gasteiger partial charge >= 0.3 is 0 Å². The molecule has 132 valence electrons. The lowest BCUT2D eigenvalue weighted by atomic mass is 10.1. The number of nitrogens with two attached hydrogens (primary N) is 1. The van der Waals surface area contributed by atoms with E-state index in [0.29, 0.717) is 35.7 Å². The maximum atomic E-state index is 12.4. The van der Waals surface area contributed by atoms with Gasteiger partial charge in [-0.25, -0.2) is 0 Å². The summed E-state index contributed by atoms with van der Waals surface area (Å²) in [6.45, 7) is 2.93. The molecule has 4 N–H and O–H groups in total. The smallest absolute Gasteiger partial charge is 0.255 e. The zero-order valence-corrected chi connectivity index (χ0v) is 14.4. The van der Waals surface area contributed by atoms with Gasteiger partial charge in [0.1, 0.15) is 5.75 Å². The van der Waals surface area contributed by atoms with Crippen LogP contribution < -0.4 is 21.1 Å². The molecule has 0 saturated heterocycles. The molecule has 0 aliphatic heterocycles. The maximum Gasteiger partial charge on any atom is 0.255 e. The first-order valence-corrected chi connectivity index (χ1v) is 8.07. The fraction of sp³-hybridized carbons (Fsp3) is 0.263. The number of anilines is 1. The van der Waals surface area contributed by atoms with E-state index < -0.39 is 0 Å². The number of carbonyl (C=O) groups is 2. The average molecular weight is 341 g/mol. The summed E-state index contributed by atoms with van der Waals surface area (Å²) < 4.78 is 5.08. The zero-order chi connectivity index (χ0) is 18.2. The summed E-state index contributed by atoms with van der Waals surface area (Å²) in [5.74, 6) is 0.319. The van der Waals surface area contributed by atoms with Crippen molar-refractivity contribution in [3.05, 3.63) is 59.7 Å². The summed E-state index contributed by atoms with van der Waals surface area (Å²) in [6.07, 6.45) is 0. The van der Waals surface area contributed by atoms with Crippen LogP contribution in [-0.4, -0.2) is 32.0 Å². The van der Waals surface area contributed by atoms with Crippen LogP contribution >= 0.6 is 0 Å². The fourth-order valence-corrected chi connectivity index (χ4v) is 2.17. The number of para-hydroxylation sites is 1. The van der Waals surface area contributed by atoms with E-state index >= 15 is 0 Å². The van der Waals surface area contributed by atoms with Crippen molar-refractivity contribution >= 4 is 17.5 Å². The van der Waals surface area contributed by atoms with E-state index in [1.165, 1.54) is 0 Å². The van der Waals surface area contributed by atoms with Crippen LogP contribution in [0, 0.1) is 5.92 Å². The fourth-order valence-electron chi connectivity index (χ4n) is 2.17. The van der Waals surface area contributed by atoms with Gasteiger partial charge in [-0.3, -0.25) is 9.59 Å². The van der Waals surface area contributed by atoms with Crippen molar-refractivity contribution in [3.63, 3.8) is 0 Å². The summed E-state index contributed by atoms with van der Waals surface area (Å²) >= 11 is 0. The first-order chi connectivity index (χ1) is 12.0. The second-order valence-electron chi connectivity index (χ2n) is 5.78. The molecular weight excluding hydrogens is 318 g/mol. The minimum absolute atomic E-state index is 0.185. The van der Waals surface area contributed by atoms with E-state index in [9.17, 15) is 9.59 Å². The number of methoxy groups -OCH3 is 1. The molecule has 0 aliphatic rings. The molecule has 0 aliphatic carbocycles. The second kappa shape index (κ2) is 8.84. The normalized spacial score (nSPS) is 11.5. The average Bonchev–Trinajstić information content (AvgIpc) is 2.66. The summed E-state index contributed by atoms with van der Waals surface area (Å²) in [4.78, 5) is 24.8. The highest BCUT2D eigenvalue weighted by Gasteiger charge is 2.14. The van der Waals surface area contributed by atoms with E-state index in [-0.39, 0.29) is 17.7 Å².